The first-order valence-electron chi connectivity index (χ1n) is 16.0. The lowest BCUT2D eigenvalue weighted by atomic mass is 9.99. The molecule has 252 valence electrons. The van der Waals surface area contributed by atoms with Crippen LogP contribution in [0.15, 0.2) is 97.5 Å². The van der Waals surface area contributed by atoms with Crippen LogP contribution in [0.3, 0.4) is 0 Å². The molecule has 5 aromatic rings. The Labute approximate surface area is 286 Å². The lowest BCUT2D eigenvalue weighted by Gasteiger charge is -2.39. The van der Waals surface area contributed by atoms with Crippen molar-refractivity contribution < 1.29 is 28.2 Å². The number of rotatable bonds is 2. The van der Waals surface area contributed by atoms with Gasteiger partial charge in [0.05, 0.1) is 22.9 Å². The van der Waals surface area contributed by atoms with Gasteiger partial charge in [0, 0.05) is 61.8 Å². The highest BCUT2D eigenvalue weighted by Gasteiger charge is 2.36. The van der Waals surface area contributed by atoms with Gasteiger partial charge in [0.1, 0.15) is 23.4 Å². The van der Waals surface area contributed by atoms with Gasteiger partial charge < -0.3 is 30.7 Å². The Hall–Kier alpha value is -6.37. The molecule has 2 aliphatic rings. The van der Waals surface area contributed by atoms with Crippen molar-refractivity contribution in [1.29, 1.82) is 0 Å². The molecule has 1 fully saturated rings. The fraction of sp³-hybridized carbons (Fsp3) is 0.189. The molecule has 4 heterocycles. The van der Waals surface area contributed by atoms with E-state index in [4.69, 9.17) is 15.2 Å². The summed E-state index contributed by atoms with van der Waals surface area (Å²) in [6.45, 7) is 0.115. The third-order valence-corrected chi connectivity index (χ3v) is 8.48. The standard InChI is InChI=1S/C37H32FN7O5/c38-27-11-22-12-29(15-27)50-32-9-10-45(36(48)30-19-42-37(39)44-34(30)23-5-2-1-3-6-23)20-31(32)43-35(47)26-13-25(17-40-18-26)24-7-4-8-28(14-24)49-21-33(46)41-16-22/h1-8,11-15,17-19,31-32H,9-10,16,20-21H2,(H,41,46)(H,43,47)(H2,39,42,44)/t31-,32+/m1/s1. The molecule has 2 aliphatic heterocycles. The van der Waals surface area contributed by atoms with E-state index in [0.29, 0.717) is 34.6 Å². The van der Waals surface area contributed by atoms with Crippen LogP contribution >= 0.6 is 0 Å². The van der Waals surface area contributed by atoms with Gasteiger partial charge in [-0.1, -0.05) is 42.5 Å². The predicted molar refractivity (Wildman–Crippen MR) is 181 cm³/mol. The van der Waals surface area contributed by atoms with E-state index in [1.54, 1.807) is 41.4 Å². The average molecular weight is 674 g/mol. The molecule has 0 unspecified atom stereocenters. The number of carbonyl (C=O) groups excluding carboxylic acids is 3. The minimum atomic E-state index is -0.719. The Morgan fingerprint density at radius 1 is 0.900 bits per heavy atom. The van der Waals surface area contributed by atoms with Crippen LogP contribution in [-0.2, 0) is 11.3 Å². The molecule has 0 radical (unpaired) electrons. The zero-order chi connectivity index (χ0) is 34.6. The minimum absolute atomic E-state index is 0.0309. The third kappa shape index (κ3) is 7.21. The molecule has 1 saturated heterocycles. The largest absolute Gasteiger partial charge is 0.488 e. The number of halogens is 1. The van der Waals surface area contributed by atoms with Gasteiger partial charge in [-0.05, 0) is 41.5 Å². The van der Waals surface area contributed by atoms with Gasteiger partial charge in [-0.25, -0.2) is 14.4 Å². The van der Waals surface area contributed by atoms with Crippen molar-refractivity contribution in [2.45, 2.75) is 25.1 Å². The molecule has 50 heavy (non-hydrogen) atoms. The Balaban J connectivity index is 1.22. The maximum Gasteiger partial charge on any atom is 0.258 e. The lowest BCUT2D eigenvalue weighted by Crippen LogP contribution is -2.58. The monoisotopic (exact) mass is 673 g/mol. The first-order chi connectivity index (χ1) is 24.3. The lowest BCUT2D eigenvalue weighted by molar-refractivity contribution is -0.123. The smallest absolute Gasteiger partial charge is 0.258 e. The number of amides is 3. The van der Waals surface area contributed by atoms with Crippen molar-refractivity contribution in [2.24, 2.45) is 0 Å². The van der Waals surface area contributed by atoms with Crippen LogP contribution in [0.1, 0.15) is 32.7 Å². The van der Waals surface area contributed by atoms with Gasteiger partial charge >= 0.3 is 0 Å². The van der Waals surface area contributed by atoms with Gasteiger partial charge in [-0.3, -0.25) is 19.4 Å². The maximum absolute atomic E-state index is 14.8. The molecule has 0 aliphatic carbocycles. The topological polar surface area (TPSA) is 162 Å². The van der Waals surface area contributed by atoms with Gasteiger partial charge in [0.15, 0.2) is 6.61 Å². The number of nitrogens with two attached hydrogens (primary N) is 1. The van der Waals surface area contributed by atoms with Crippen LogP contribution in [0, 0.1) is 5.82 Å². The maximum atomic E-state index is 14.8. The second kappa shape index (κ2) is 14.0. The minimum Gasteiger partial charge on any atom is -0.488 e. The van der Waals surface area contributed by atoms with Gasteiger partial charge in [-0.15, -0.1) is 0 Å². The van der Waals surface area contributed by atoms with E-state index in [1.807, 2.05) is 36.4 Å². The molecule has 3 amide bonds. The number of aromatic nitrogens is 3. The number of hydrogen-bond acceptors (Lipinski definition) is 9. The Morgan fingerprint density at radius 2 is 1.72 bits per heavy atom. The van der Waals surface area contributed by atoms with Gasteiger partial charge in [0.2, 0.25) is 5.95 Å². The third-order valence-electron chi connectivity index (χ3n) is 8.48. The number of benzene rings is 3. The van der Waals surface area contributed by atoms with E-state index in [0.717, 1.165) is 5.56 Å². The number of nitrogen functional groups attached to an aromatic ring is 1. The highest BCUT2D eigenvalue weighted by atomic mass is 19.1. The molecule has 0 spiro atoms. The quantitative estimate of drug-likeness (QED) is 0.251. The second-order valence-electron chi connectivity index (χ2n) is 12.0. The Kier molecular flexibility index (Phi) is 9.02. The molecule has 7 rings (SSSR count). The van der Waals surface area contributed by atoms with Crippen molar-refractivity contribution >= 4 is 23.7 Å². The Morgan fingerprint density at radius 3 is 2.58 bits per heavy atom. The highest BCUT2D eigenvalue weighted by molar-refractivity contribution is 6.00. The number of anilines is 1. The molecule has 0 saturated carbocycles. The molecular weight excluding hydrogens is 641 g/mol. The number of nitrogens with zero attached hydrogens (tertiary/aromatic N) is 4. The normalized spacial score (nSPS) is 17.7. The number of pyridine rings is 1. The highest BCUT2D eigenvalue weighted by Crippen LogP contribution is 2.28. The molecule has 6 bridgehead atoms. The van der Waals surface area contributed by atoms with Crippen LogP contribution in [0.5, 0.6) is 11.5 Å². The van der Waals surface area contributed by atoms with E-state index < -0.39 is 29.8 Å². The second-order valence-corrected chi connectivity index (χ2v) is 12.0. The molecule has 13 heteroatoms. The number of carbonyl (C=O) groups is 3. The van der Waals surface area contributed by atoms with E-state index >= 15 is 0 Å². The Bertz CT molecular complexity index is 2080. The predicted octanol–water partition coefficient (Wildman–Crippen LogP) is 4.03. The zero-order valence-corrected chi connectivity index (χ0v) is 26.7. The van der Waals surface area contributed by atoms with Crippen molar-refractivity contribution in [1.82, 2.24) is 30.5 Å². The molecular formula is C37H32FN7O5. The van der Waals surface area contributed by atoms with Crippen LogP contribution in [0.25, 0.3) is 22.4 Å². The summed E-state index contributed by atoms with van der Waals surface area (Å²) in [6, 6.07) is 21.4. The molecule has 2 aromatic heterocycles. The van der Waals surface area contributed by atoms with Crippen molar-refractivity contribution in [3.63, 3.8) is 0 Å². The molecule has 4 N–H and O–H groups in total. The fourth-order valence-electron chi connectivity index (χ4n) is 6.04. The van der Waals surface area contributed by atoms with Gasteiger partial charge in [0.25, 0.3) is 17.7 Å². The van der Waals surface area contributed by atoms with E-state index in [2.05, 4.69) is 25.6 Å². The number of nitrogens with one attached hydrogen (secondary N) is 2. The van der Waals surface area contributed by atoms with Crippen molar-refractivity contribution in [3.8, 4) is 33.9 Å². The first-order valence-corrected chi connectivity index (χ1v) is 16.0. The average Bonchev–Trinajstić information content (AvgIpc) is 3.13. The summed E-state index contributed by atoms with van der Waals surface area (Å²) >= 11 is 0. The summed E-state index contributed by atoms with van der Waals surface area (Å²) in [5.41, 5.74) is 9.39. The summed E-state index contributed by atoms with van der Waals surface area (Å²) < 4.78 is 26.8. The number of hydrogen-bond donors (Lipinski definition) is 3. The number of likely N-dealkylation sites (tertiary alicyclic amines) is 1. The first kappa shape index (κ1) is 32.2. The van der Waals surface area contributed by atoms with E-state index in [9.17, 15) is 18.8 Å². The summed E-state index contributed by atoms with van der Waals surface area (Å²) in [6.07, 6.45) is 4.14. The number of ether oxygens (including phenoxy) is 2. The summed E-state index contributed by atoms with van der Waals surface area (Å²) in [7, 11) is 0. The fourth-order valence-corrected chi connectivity index (χ4v) is 6.04. The molecule has 2 atom stereocenters. The van der Waals surface area contributed by atoms with Gasteiger partial charge in [-0.2, -0.15) is 0 Å². The SMILES string of the molecule is Nc1ncc(C(=O)N2CC[C@@H]3Oc4cc(F)cc(c4)CNC(=O)COc4cccc(c4)-c4cncc(c4)C(=O)N[C@@H]3C2)c(-c2ccccc2)n1. The van der Waals surface area contributed by atoms with Crippen molar-refractivity contribution in [2.75, 3.05) is 25.4 Å². The van der Waals surface area contributed by atoms with Crippen LogP contribution < -0.4 is 25.8 Å². The van der Waals surface area contributed by atoms with Crippen LogP contribution in [0.4, 0.5) is 10.3 Å². The van der Waals surface area contributed by atoms with Crippen LogP contribution in [0.2, 0.25) is 0 Å². The number of fused-ring (bicyclic) bond motifs is 8. The summed E-state index contributed by atoms with van der Waals surface area (Å²) in [5.74, 6) is -1.04. The zero-order valence-electron chi connectivity index (χ0n) is 26.7. The number of piperidine rings is 1. The summed E-state index contributed by atoms with van der Waals surface area (Å²) in [5, 5.41) is 5.79. The van der Waals surface area contributed by atoms with Crippen molar-refractivity contribution in [3.05, 3.63) is 120 Å². The molecule has 3 aromatic carbocycles. The molecule has 12 nitrogen and oxygen atoms in total. The van der Waals surface area contributed by atoms with Crippen LogP contribution in [-0.4, -0.2) is 69.4 Å². The van der Waals surface area contributed by atoms with E-state index in [1.165, 1.54) is 24.5 Å². The summed E-state index contributed by atoms with van der Waals surface area (Å²) in [4.78, 5) is 54.9. The van der Waals surface area contributed by atoms with E-state index in [-0.39, 0.29) is 55.0 Å².